The second-order valence-electron chi connectivity index (χ2n) is 10.9. The fraction of sp³-hybridized carbons (Fsp3) is 0.481. The highest BCUT2D eigenvalue weighted by Gasteiger charge is 2.31. The number of nitrogens with one attached hydrogen (secondary N) is 1. The SMILES string of the molecule is CS(=O)(=O)Nc1nc(N2CCCC[C@H]2c2cc3nc(N4CCC4)cc(N4CCOCC4)n3n2)c2cc(Cl)ccc2n1. The van der Waals surface area contributed by atoms with Gasteiger partial charge in [0.15, 0.2) is 5.65 Å². The van der Waals surface area contributed by atoms with Crippen LogP contribution in [0.4, 0.5) is 23.4 Å². The molecule has 0 amide bonds. The monoisotopic (exact) mass is 597 g/mol. The molecule has 1 N–H and O–H groups in total. The quantitative estimate of drug-likeness (QED) is 0.353. The second-order valence-corrected chi connectivity index (χ2v) is 13.0. The molecule has 14 heteroatoms. The number of halogens is 1. The zero-order chi connectivity index (χ0) is 28.1. The van der Waals surface area contributed by atoms with E-state index in [1.807, 2.05) is 10.6 Å². The molecule has 3 saturated heterocycles. The van der Waals surface area contributed by atoms with Crippen LogP contribution in [0.2, 0.25) is 5.02 Å². The maximum atomic E-state index is 12.1. The van der Waals surface area contributed by atoms with Gasteiger partial charge in [-0.3, -0.25) is 4.72 Å². The first-order valence-corrected chi connectivity index (χ1v) is 16.3. The highest BCUT2D eigenvalue weighted by molar-refractivity contribution is 7.92. The Morgan fingerprint density at radius 3 is 2.54 bits per heavy atom. The van der Waals surface area contributed by atoms with Gasteiger partial charge in [-0.15, -0.1) is 0 Å². The molecule has 1 atom stereocenters. The zero-order valence-electron chi connectivity index (χ0n) is 22.8. The molecule has 3 aromatic heterocycles. The first-order valence-electron chi connectivity index (χ1n) is 14.0. The standard InChI is InChI=1S/C27H32ClN9O3S/c1-41(38,39)33-27-29-20-7-6-18(28)15-19(20)26(31-27)36-10-3-2-5-22(36)21-16-24-30-23(34-8-4-9-34)17-25(37(24)32-21)35-11-13-40-14-12-35/h6-7,15-17,22H,2-5,8-14H2,1H3,(H,29,31,33)/t22-/m0/s1. The second kappa shape index (κ2) is 10.4. The third-order valence-electron chi connectivity index (χ3n) is 7.96. The summed E-state index contributed by atoms with van der Waals surface area (Å²) in [4.78, 5) is 21.0. The van der Waals surface area contributed by atoms with Gasteiger partial charge in [-0.2, -0.15) is 14.6 Å². The van der Waals surface area contributed by atoms with Gasteiger partial charge in [0, 0.05) is 55.3 Å². The van der Waals surface area contributed by atoms with Gasteiger partial charge >= 0.3 is 0 Å². The van der Waals surface area contributed by atoms with Crippen molar-refractivity contribution in [3.05, 3.63) is 41.0 Å². The largest absolute Gasteiger partial charge is 0.378 e. The first kappa shape index (κ1) is 26.5. The van der Waals surface area contributed by atoms with Crippen molar-refractivity contribution in [2.75, 3.05) is 71.6 Å². The average molecular weight is 598 g/mol. The van der Waals surface area contributed by atoms with Gasteiger partial charge in [-0.25, -0.2) is 18.4 Å². The minimum absolute atomic E-state index is 0.0344. The summed E-state index contributed by atoms with van der Waals surface area (Å²) in [5.74, 6) is 2.66. The summed E-state index contributed by atoms with van der Waals surface area (Å²) in [5, 5.41) is 6.47. The van der Waals surface area contributed by atoms with E-state index in [-0.39, 0.29) is 12.0 Å². The summed E-state index contributed by atoms with van der Waals surface area (Å²) in [6, 6.07) is 9.52. The molecule has 3 fully saturated rings. The Hall–Kier alpha value is -3.42. The van der Waals surface area contributed by atoms with Crippen molar-refractivity contribution in [1.29, 1.82) is 0 Å². The van der Waals surface area contributed by atoms with Crippen LogP contribution in [0.25, 0.3) is 16.6 Å². The molecule has 1 aromatic carbocycles. The molecule has 0 spiro atoms. The van der Waals surface area contributed by atoms with Gasteiger partial charge in [0.2, 0.25) is 16.0 Å². The molecule has 0 unspecified atom stereocenters. The lowest BCUT2D eigenvalue weighted by molar-refractivity contribution is 0.122. The van der Waals surface area contributed by atoms with E-state index in [2.05, 4.69) is 36.5 Å². The molecule has 0 radical (unpaired) electrons. The molecule has 216 valence electrons. The van der Waals surface area contributed by atoms with Crippen molar-refractivity contribution in [1.82, 2.24) is 24.6 Å². The number of morpholine rings is 1. The molecule has 3 aliphatic rings. The Morgan fingerprint density at radius 1 is 0.951 bits per heavy atom. The van der Waals surface area contributed by atoms with Crippen LogP contribution in [0.3, 0.4) is 0 Å². The van der Waals surface area contributed by atoms with E-state index >= 15 is 0 Å². The molecule has 7 rings (SSSR count). The van der Waals surface area contributed by atoms with Crippen molar-refractivity contribution in [3.8, 4) is 0 Å². The number of hydrogen-bond acceptors (Lipinski definition) is 10. The highest BCUT2D eigenvalue weighted by Crippen LogP contribution is 2.39. The van der Waals surface area contributed by atoms with Crippen LogP contribution in [-0.2, 0) is 14.8 Å². The predicted molar refractivity (Wildman–Crippen MR) is 160 cm³/mol. The predicted octanol–water partition coefficient (Wildman–Crippen LogP) is 3.48. The van der Waals surface area contributed by atoms with Crippen LogP contribution >= 0.6 is 11.6 Å². The first-order chi connectivity index (χ1) is 19.8. The number of aromatic nitrogens is 5. The lowest BCUT2D eigenvalue weighted by Crippen LogP contribution is -2.40. The van der Waals surface area contributed by atoms with Crippen molar-refractivity contribution < 1.29 is 13.2 Å². The molecule has 0 aliphatic carbocycles. The summed E-state index contributed by atoms with van der Waals surface area (Å²) in [5.41, 5.74) is 2.32. The van der Waals surface area contributed by atoms with E-state index < -0.39 is 10.0 Å². The van der Waals surface area contributed by atoms with Crippen LogP contribution in [0, 0.1) is 0 Å². The van der Waals surface area contributed by atoms with Gasteiger partial charge in [-0.1, -0.05) is 11.6 Å². The third kappa shape index (κ3) is 5.22. The number of benzene rings is 1. The average Bonchev–Trinajstić information content (AvgIpc) is 3.35. The van der Waals surface area contributed by atoms with Crippen molar-refractivity contribution in [3.63, 3.8) is 0 Å². The summed E-state index contributed by atoms with van der Waals surface area (Å²) in [7, 11) is -3.57. The normalized spacial score (nSPS) is 20.0. The molecule has 3 aliphatic heterocycles. The number of piperidine rings is 1. The summed E-state index contributed by atoms with van der Waals surface area (Å²) in [6.45, 7) is 5.71. The Kier molecular flexibility index (Phi) is 6.75. The third-order valence-corrected chi connectivity index (χ3v) is 8.75. The van der Waals surface area contributed by atoms with E-state index in [4.69, 9.17) is 31.4 Å². The van der Waals surface area contributed by atoms with Crippen molar-refractivity contribution in [2.24, 2.45) is 0 Å². The number of rotatable bonds is 6. The van der Waals surface area contributed by atoms with Crippen LogP contribution in [0.15, 0.2) is 30.3 Å². The van der Waals surface area contributed by atoms with Gasteiger partial charge in [0.1, 0.15) is 17.5 Å². The smallest absolute Gasteiger partial charge is 0.239 e. The Morgan fingerprint density at radius 2 is 1.78 bits per heavy atom. The van der Waals surface area contributed by atoms with Crippen LogP contribution in [-0.4, -0.2) is 85.2 Å². The van der Waals surface area contributed by atoms with E-state index in [0.717, 1.165) is 86.6 Å². The molecule has 12 nitrogen and oxygen atoms in total. The minimum atomic E-state index is -3.57. The zero-order valence-corrected chi connectivity index (χ0v) is 24.4. The highest BCUT2D eigenvalue weighted by atomic mass is 35.5. The summed E-state index contributed by atoms with van der Waals surface area (Å²) >= 11 is 6.40. The van der Waals surface area contributed by atoms with E-state index in [9.17, 15) is 8.42 Å². The number of fused-ring (bicyclic) bond motifs is 2. The van der Waals surface area contributed by atoms with E-state index in [0.29, 0.717) is 29.6 Å². The topological polar surface area (TPSA) is 121 Å². The fourth-order valence-electron chi connectivity index (χ4n) is 5.86. The van der Waals surface area contributed by atoms with Gasteiger partial charge < -0.3 is 19.4 Å². The Labute approximate surface area is 243 Å². The molecule has 41 heavy (non-hydrogen) atoms. The number of anilines is 4. The molecule has 0 bridgehead atoms. The van der Waals surface area contributed by atoms with E-state index in [1.165, 1.54) is 6.42 Å². The minimum Gasteiger partial charge on any atom is -0.378 e. The van der Waals surface area contributed by atoms with Crippen molar-refractivity contribution in [2.45, 2.75) is 31.7 Å². The number of ether oxygens (including phenoxy) is 1. The number of hydrogen-bond donors (Lipinski definition) is 1. The molecule has 4 aromatic rings. The lowest BCUT2D eigenvalue weighted by atomic mass is 9.99. The van der Waals surface area contributed by atoms with Gasteiger partial charge in [0.05, 0.1) is 36.7 Å². The maximum absolute atomic E-state index is 12.1. The maximum Gasteiger partial charge on any atom is 0.239 e. The summed E-state index contributed by atoms with van der Waals surface area (Å²) < 4.78 is 34.2. The molecular formula is C27H32ClN9O3S. The van der Waals surface area contributed by atoms with Crippen LogP contribution in [0.1, 0.15) is 37.4 Å². The fourth-order valence-corrected chi connectivity index (χ4v) is 6.45. The lowest BCUT2D eigenvalue weighted by Gasteiger charge is -2.36. The van der Waals surface area contributed by atoms with Crippen LogP contribution in [0.5, 0.6) is 0 Å². The van der Waals surface area contributed by atoms with Crippen molar-refractivity contribution >= 4 is 61.6 Å². The van der Waals surface area contributed by atoms with Gasteiger partial charge in [0.25, 0.3) is 0 Å². The number of sulfonamides is 1. The molecular weight excluding hydrogens is 566 g/mol. The number of nitrogens with zero attached hydrogens (tertiary/aromatic N) is 8. The van der Waals surface area contributed by atoms with E-state index in [1.54, 1.807) is 12.1 Å². The van der Waals surface area contributed by atoms with Gasteiger partial charge in [-0.05, 0) is 43.9 Å². The molecule has 6 heterocycles. The Bertz CT molecular complexity index is 1720. The summed E-state index contributed by atoms with van der Waals surface area (Å²) in [6.07, 6.45) is 5.15. The molecule has 0 saturated carbocycles. The Balaban J connectivity index is 1.34. The van der Waals surface area contributed by atoms with Crippen LogP contribution < -0.4 is 19.4 Å².